The molecule has 0 fully saturated rings. The van der Waals surface area contributed by atoms with Crippen LogP contribution in [0.2, 0.25) is 0 Å². The van der Waals surface area contributed by atoms with Crippen LogP contribution in [-0.2, 0) is 4.79 Å². The highest BCUT2D eigenvalue weighted by Crippen LogP contribution is 2.25. The number of ketones is 1. The molecule has 0 spiro atoms. The van der Waals surface area contributed by atoms with Gasteiger partial charge in [-0.15, -0.1) is 0 Å². The Hall–Kier alpha value is -2.70. The lowest BCUT2D eigenvalue weighted by Gasteiger charge is -2.18. The fourth-order valence-corrected chi connectivity index (χ4v) is 2.24. The largest absolute Gasteiger partial charge is 0.398 e. The second-order valence-corrected chi connectivity index (χ2v) is 5.22. The number of rotatable bonds is 6. The van der Waals surface area contributed by atoms with Crippen molar-refractivity contribution < 1.29 is 19.8 Å². The highest BCUT2D eigenvalue weighted by Gasteiger charge is 2.22. The average Bonchev–Trinajstić information content (AvgIpc) is 2.54. The highest BCUT2D eigenvalue weighted by atomic mass is 16.3. The maximum absolute atomic E-state index is 12.5. The van der Waals surface area contributed by atoms with E-state index in [1.807, 2.05) is 0 Å². The number of benzene rings is 2. The Bertz CT molecular complexity index is 716. The molecule has 23 heavy (non-hydrogen) atoms. The summed E-state index contributed by atoms with van der Waals surface area (Å²) in [6.07, 6.45) is -3.07. The molecule has 1 amide bonds. The van der Waals surface area contributed by atoms with E-state index < -0.39 is 18.1 Å². The summed E-state index contributed by atoms with van der Waals surface area (Å²) in [5.41, 5.74) is 12.1. The molecule has 2 aromatic rings. The first-order chi connectivity index (χ1) is 10.9. The van der Waals surface area contributed by atoms with Gasteiger partial charge in [0.1, 0.15) is 6.10 Å². The van der Waals surface area contributed by atoms with Crippen molar-refractivity contribution in [3.8, 4) is 0 Å². The molecule has 0 aliphatic heterocycles. The van der Waals surface area contributed by atoms with Crippen LogP contribution < -0.4 is 11.5 Å². The molecule has 6 heteroatoms. The van der Waals surface area contributed by atoms with Crippen LogP contribution in [0.3, 0.4) is 0 Å². The second kappa shape index (κ2) is 7.04. The van der Waals surface area contributed by atoms with Crippen molar-refractivity contribution in [2.75, 3.05) is 5.73 Å². The number of aliphatic hydroxyl groups excluding tert-OH is 2. The van der Waals surface area contributed by atoms with E-state index in [1.165, 1.54) is 18.2 Å². The number of carbonyl (C=O) groups is 2. The molecule has 0 heterocycles. The van der Waals surface area contributed by atoms with Gasteiger partial charge in [-0.05, 0) is 17.7 Å². The molecule has 0 aromatic heterocycles. The Morgan fingerprint density at radius 2 is 1.70 bits per heavy atom. The van der Waals surface area contributed by atoms with E-state index in [1.54, 1.807) is 30.3 Å². The zero-order valence-electron chi connectivity index (χ0n) is 12.3. The van der Waals surface area contributed by atoms with Gasteiger partial charge >= 0.3 is 0 Å². The number of hydrogen-bond acceptors (Lipinski definition) is 5. The third-order valence-corrected chi connectivity index (χ3v) is 3.47. The molecule has 2 unspecified atom stereocenters. The van der Waals surface area contributed by atoms with E-state index in [9.17, 15) is 19.8 Å². The molecule has 6 N–H and O–H groups in total. The van der Waals surface area contributed by atoms with Crippen molar-refractivity contribution >= 4 is 17.4 Å². The molecule has 6 nitrogen and oxygen atoms in total. The lowest BCUT2D eigenvalue weighted by molar-refractivity contribution is -0.121. The normalized spacial score (nSPS) is 13.3. The molecular weight excluding hydrogens is 296 g/mol. The minimum Gasteiger partial charge on any atom is -0.398 e. The third-order valence-electron chi connectivity index (χ3n) is 3.47. The first-order valence-electron chi connectivity index (χ1n) is 7.03. The number of primary amides is 1. The summed E-state index contributed by atoms with van der Waals surface area (Å²) in [6, 6.07) is 13.0. The molecule has 0 aliphatic carbocycles. The molecule has 120 valence electrons. The van der Waals surface area contributed by atoms with Crippen LogP contribution in [0.15, 0.2) is 48.5 Å². The van der Waals surface area contributed by atoms with Crippen molar-refractivity contribution in [3.63, 3.8) is 0 Å². The van der Waals surface area contributed by atoms with Crippen molar-refractivity contribution in [2.24, 2.45) is 5.73 Å². The Morgan fingerprint density at radius 3 is 2.30 bits per heavy atom. The van der Waals surface area contributed by atoms with Crippen LogP contribution in [0.5, 0.6) is 0 Å². The lowest BCUT2D eigenvalue weighted by Crippen LogP contribution is -2.25. The molecule has 0 aliphatic rings. The summed E-state index contributed by atoms with van der Waals surface area (Å²) in [6.45, 7) is 0. The van der Waals surface area contributed by atoms with E-state index in [4.69, 9.17) is 11.5 Å². The first-order valence-corrected chi connectivity index (χ1v) is 7.03. The Balaban J connectivity index is 2.32. The third kappa shape index (κ3) is 3.94. The van der Waals surface area contributed by atoms with Gasteiger partial charge in [0.05, 0.1) is 12.5 Å². The van der Waals surface area contributed by atoms with E-state index in [2.05, 4.69) is 0 Å². The average molecular weight is 314 g/mol. The molecule has 0 radical (unpaired) electrons. The first kappa shape index (κ1) is 16.7. The van der Waals surface area contributed by atoms with Crippen LogP contribution in [0.25, 0.3) is 0 Å². The van der Waals surface area contributed by atoms with Gasteiger partial charge in [-0.25, -0.2) is 0 Å². The van der Waals surface area contributed by atoms with Crippen LogP contribution in [0.4, 0.5) is 5.69 Å². The quantitative estimate of drug-likeness (QED) is 0.463. The van der Waals surface area contributed by atoms with E-state index in [0.717, 1.165) is 0 Å². The molecule has 0 bridgehead atoms. The number of aliphatic hydroxyl groups is 2. The van der Waals surface area contributed by atoms with Crippen molar-refractivity contribution in [3.05, 3.63) is 65.2 Å². The highest BCUT2D eigenvalue weighted by molar-refractivity contribution is 6.12. The smallest absolute Gasteiger partial charge is 0.220 e. The zero-order chi connectivity index (χ0) is 17.0. The van der Waals surface area contributed by atoms with Gasteiger partial charge in [0.15, 0.2) is 5.78 Å². The Kier molecular flexibility index (Phi) is 5.10. The van der Waals surface area contributed by atoms with Gasteiger partial charge in [-0.3, -0.25) is 9.59 Å². The van der Waals surface area contributed by atoms with Crippen LogP contribution in [0.1, 0.15) is 34.0 Å². The molecule has 2 aromatic carbocycles. The topological polar surface area (TPSA) is 127 Å². The number of nitrogens with two attached hydrogens (primary N) is 2. The number of hydrogen-bond donors (Lipinski definition) is 4. The summed E-state index contributed by atoms with van der Waals surface area (Å²) in [5.74, 6) is -1.02. The summed E-state index contributed by atoms with van der Waals surface area (Å²) in [5, 5.41) is 19.9. The number of carbonyl (C=O) groups excluding carboxylic acids is 2. The number of amides is 1. The Labute approximate surface area is 133 Å². The van der Waals surface area contributed by atoms with Crippen LogP contribution in [-0.4, -0.2) is 28.0 Å². The summed E-state index contributed by atoms with van der Waals surface area (Å²) >= 11 is 0. The molecule has 2 atom stereocenters. The van der Waals surface area contributed by atoms with Gasteiger partial charge in [0, 0.05) is 16.8 Å². The summed E-state index contributed by atoms with van der Waals surface area (Å²) in [4.78, 5) is 23.3. The van der Waals surface area contributed by atoms with Crippen molar-refractivity contribution in [2.45, 2.75) is 18.6 Å². The van der Waals surface area contributed by atoms with E-state index in [-0.39, 0.29) is 29.0 Å². The monoisotopic (exact) mass is 314 g/mol. The minimum atomic E-state index is -1.35. The fraction of sp³-hybridized carbons (Fsp3) is 0.176. The fourth-order valence-electron chi connectivity index (χ4n) is 2.24. The minimum absolute atomic E-state index is 0.221. The summed E-state index contributed by atoms with van der Waals surface area (Å²) in [7, 11) is 0. The molecular formula is C17H18N2O4. The SMILES string of the molecule is NC(=O)CC(O)C(O)c1ccc(N)c(C(=O)c2ccccc2)c1. The van der Waals surface area contributed by atoms with Gasteiger partial charge in [-0.2, -0.15) is 0 Å². The standard InChI is InChI=1S/C17H18N2O4/c18-13-7-6-11(17(23)14(20)9-15(19)21)8-12(13)16(22)10-4-2-1-3-5-10/h1-8,14,17,20,23H,9,18H2,(H2,19,21). The molecule has 0 saturated carbocycles. The predicted molar refractivity (Wildman–Crippen MR) is 85.5 cm³/mol. The van der Waals surface area contributed by atoms with Gasteiger partial charge in [0.2, 0.25) is 5.91 Å². The number of nitrogen functional groups attached to an aromatic ring is 1. The predicted octanol–water partition coefficient (Wildman–Crippen LogP) is 0.769. The zero-order valence-corrected chi connectivity index (χ0v) is 12.3. The van der Waals surface area contributed by atoms with Gasteiger partial charge in [-0.1, -0.05) is 36.4 Å². The molecule has 2 rings (SSSR count). The van der Waals surface area contributed by atoms with Gasteiger partial charge in [0.25, 0.3) is 0 Å². The number of anilines is 1. The van der Waals surface area contributed by atoms with Crippen molar-refractivity contribution in [1.29, 1.82) is 0 Å². The maximum atomic E-state index is 12.5. The lowest BCUT2D eigenvalue weighted by atomic mass is 9.95. The second-order valence-electron chi connectivity index (χ2n) is 5.22. The molecule has 0 saturated heterocycles. The Morgan fingerprint density at radius 1 is 1.04 bits per heavy atom. The van der Waals surface area contributed by atoms with E-state index in [0.29, 0.717) is 5.56 Å². The van der Waals surface area contributed by atoms with Crippen LogP contribution in [0, 0.1) is 0 Å². The summed E-state index contributed by atoms with van der Waals surface area (Å²) < 4.78 is 0. The van der Waals surface area contributed by atoms with Crippen LogP contribution >= 0.6 is 0 Å². The van der Waals surface area contributed by atoms with Gasteiger partial charge < -0.3 is 21.7 Å². The maximum Gasteiger partial charge on any atom is 0.220 e. The van der Waals surface area contributed by atoms with E-state index >= 15 is 0 Å². The van der Waals surface area contributed by atoms with Crippen molar-refractivity contribution in [1.82, 2.24) is 0 Å².